The molecule has 17 heavy (non-hydrogen) atoms. The van der Waals surface area contributed by atoms with E-state index in [2.05, 4.69) is 12.0 Å². The molecule has 2 N–H and O–H groups in total. The third kappa shape index (κ3) is 4.85. The molecule has 98 valence electrons. The number of hydrogen-bond acceptors (Lipinski definition) is 4. The number of hydrogen-bond donors (Lipinski definition) is 1. The van der Waals surface area contributed by atoms with Crippen LogP contribution in [0.1, 0.15) is 31.5 Å². The highest BCUT2D eigenvalue weighted by atomic mass is 16.5. The Morgan fingerprint density at radius 3 is 2.94 bits per heavy atom. The van der Waals surface area contributed by atoms with Crippen molar-refractivity contribution in [3.05, 3.63) is 18.0 Å². The maximum atomic E-state index is 6.11. The van der Waals surface area contributed by atoms with Crippen LogP contribution in [-0.4, -0.2) is 36.7 Å². The number of nitrogens with zero attached hydrogens (tertiary/aromatic N) is 2. The Hall–Kier alpha value is -0.910. The maximum Gasteiger partial charge on any atom is 0.0700 e. The van der Waals surface area contributed by atoms with Crippen molar-refractivity contribution >= 4 is 0 Å². The van der Waals surface area contributed by atoms with Gasteiger partial charge in [0.2, 0.25) is 0 Å². The van der Waals surface area contributed by atoms with Gasteiger partial charge in [-0.3, -0.25) is 4.68 Å². The van der Waals surface area contributed by atoms with E-state index >= 15 is 0 Å². The van der Waals surface area contributed by atoms with Crippen LogP contribution in [0.2, 0.25) is 0 Å². The molecule has 5 heteroatoms. The predicted molar refractivity (Wildman–Crippen MR) is 66.8 cm³/mol. The Labute approximate surface area is 103 Å². The van der Waals surface area contributed by atoms with Gasteiger partial charge in [0.05, 0.1) is 18.9 Å². The summed E-state index contributed by atoms with van der Waals surface area (Å²) < 4.78 is 12.3. The lowest BCUT2D eigenvalue weighted by molar-refractivity contribution is 0.0669. The molecule has 0 saturated heterocycles. The van der Waals surface area contributed by atoms with Gasteiger partial charge in [0.25, 0.3) is 0 Å². The van der Waals surface area contributed by atoms with Crippen LogP contribution in [0.4, 0.5) is 0 Å². The van der Waals surface area contributed by atoms with Gasteiger partial charge in [0.1, 0.15) is 0 Å². The molecule has 0 spiro atoms. The summed E-state index contributed by atoms with van der Waals surface area (Å²) in [6.07, 6.45) is 3.67. The first-order chi connectivity index (χ1) is 8.29. The largest absolute Gasteiger partial charge is 0.382 e. The smallest absolute Gasteiger partial charge is 0.0700 e. The molecule has 0 aliphatic heterocycles. The van der Waals surface area contributed by atoms with Crippen LogP contribution in [0.15, 0.2) is 12.3 Å². The molecule has 1 heterocycles. The molecule has 5 nitrogen and oxygen atoms in total. The standard InChI is InChI=1S/C12H23N3O2/c1-3-7-15-12(4-6-14-15)11(13)5-8-17-10-9-16-2/h4,6,11H,3,5,7-10,13H2,1-2H3. The van der Waals surface area contributed by atoms with E-state index < -0.39 is 0 Å². The Kier molecular flexibility index (Phi) is 6.84. The molecule has 0 aromatic carbocycles. The summed E-state index contributed by atoms with van der Waals surface area (Å²) in [4.78, 5) is 0. The van der Waals surface area contributed by atoms with Gasteiger partial charge >= 0.3 is 0 Å². The van der Waals surface area contributed by atoms with Gasteiger partial charge in [-0.25, -0.2) is 0 Å². The summed E-state index contributed by atoms with van der Waals surface area (Å²) in [6, 6.07) is 1.97. The highest BCUT2D eigenvalue weighted by Gasteiger charge is 2.10. The lowest BCUT2D eigenvalue weighted by atomic mass is 10.1. The van der Waals surface area contributed by atoms with Gasteiger partial charge < -0.3 is 15.2 Å². The molecular weight excluding hydrogens is 218 g/mol. The van der Waals surface area contributed by atoms with Gasteiger partial charge in [-0.15, -0.1) is 0 Å². The SMILES string of the molecule is CCCn1nccc1C(N)CCOCCOC. The van der Waals surface area contributed by atoms with E-state index in [9.17, 15) is 0 Å². The lowest BCUT2D eigenvalue weighted by Gasteiger charge is -2.14. The predicted octanol–water partition coefficient (Wildman–Crippen LogP) is 1.35. The molecule has 1 unspecified atom stereocenters. The van der Waals surface area contributed by atoms with E-state index in [1.807, 2.05) is 10.7 Å². The molecular formula is C12H23N3O2. The van der Waals surface area contributed by atoms with E-state index in [1.54, 1.807) is 13.3 Å². The quantitative estimate of drug-likeness (QED) is 0.663. The topological polar surface area (TPSA) is 62.3 Å². The molecule has 0 amide bonds. The maximum absolute atomic E-state index is 6.11. The summed E-state index contributed by atoms with van der Waals surface area (Å²) in [6.45, 7) is 4.95. The monoisotopic (exact) mass is 241 g/mol. The van der Waals surface area contributed by atoms with Crippen LogP contribution in [0.25, 0.3) is 0 Å². The van der Waals surface area contributed by atoms with Crippen LogP contribution in [0.5, 0.6) is 0 Å². The van der Waals surface area contributed by atoms with Crippen LogP contribution >= 0.6 is 0 Å². The number of rotatable bonds is 9. The molecule has 0 fully saturated rings. The molecule has 0 bridgehead atoms. The van der Waals surface area contributed by atoms with Gasteiger partial charge in [0.15, 0.2) is 0 Å². The lowest BCUT2D eigenvalue weighted by Crippen LogP contribution is -2.18. The second-order valence-corrected chi connectivity index (χ2v) is 3.98. The van der Waals surface area contributed by atoms with E-state index in [0.29, 0.717) is 19.8 Å². The van der Waals surface area contributed by atoms with Crippen molar-refractivity contribution < 1.29 is 9.47 Å². The van der Waals surface area contributed by atoms with Crippen LogP contribution < -0.4 is 5.73 Å². The zero-order valence-corrected chi connectivity index (χ0v) is 10.8. The Bertz CT molecular complexity index is 302. The fourth-order valence-corrected chi connectivity index (χ4v) is 1.66. The Balaban J connectivity index is 2.30. The first-order valence-electron chi connectivity index (χ1n) is 6.13. The van der Waals surface area contributed by atoms with Crippen molar-refractivity contribution in [2.45, 2.75) is 32.4 Å². The van der Waals surface area contributed by atoms with Crippen molar-refractivity contribution in [1.29, 1.82) is 0 Å². The number of aromatic nitrogens is 2. The van der Waals surface area contributed by atoms with E-state index in [1.165, 1.54) is 0 Å². The second-order valence-electron chi connectivity index (χ2n) is 3.98. The third-order valence-electron chi connectivity index (χ3n) is 2.57. The highest BCUT2D eigenvalue weighted by molar-refractivity contribution is 5.06. The summed E-state index contributed by atoms with van der Waals surface area (Å²) in [7, 11) is 1.67. The van der Waals surface area contributed by atoms with E-state index in [-0.39, 0.29) is 6.04 Å². The van der Waals surface area contributed by atoms with Crippen molar-refractivity contribution in [2.24, 2.45) is 5.73 Å². The normalized spacial score (nSPS) is 12.9. The molecule has 1 aromatic heterocycles. The van der Waals surface area contributed by atoms with Crippen molar-refractivity contribution in [2.75, 3.05) is 26.9 Å². The van der Waals surface area contributed by atoms with Gasteiger partial charge in [-0.1, -0.05) is 6.92 Å². The average molecular weight is 241 g/mol. The average Bonchev–Trinajstić information content (AvgIpc) is 2.77. The molecule has 0 saturated carbocycles. The Morgan fingerprint density at radius 1 is 1.41 bits per heavy atom. The fraction of sp³-hybridized carbons (Fsp3) is 0.750. The first kappa shape index (κ1) is 14.2. The Morgan fingerprint density at radius 2 is 2.24 bits per heavy atom. The number of aryl methyl sites for hydroxylation is 1. The van der Waals surface area contributed by atoms with Gasteiger partial charge in [-0.05, 0) is 18.9 Å². The summed E-state index contributed by atoms with van der Waals surface area (Å²) in [5.74, 6) is 0. The highest BCUT2D eigenvalue weighted by Crippen LogP contribution is 2.13. The number of ether oxygens (including phenoxy) is 2. The summed E-state index contributed by atoms with van der Waals surface area (Å²) in [5, 5.41) is 4.26. The fourth-order valence-electron chi connectivity index (χ4n) is 1.66. The minimum Gasteiger partial charge on any atom is -0.382 e. The third-order valence-corrected chi connectivity index (χ3v) is 2.57. The van der Waals surface area contributed by atoms with Crippen molar-refractivity contribution in [3.63, 3.8) is 0 Å². The number of methoxy groups -OCH3 is 1. The van der Waals surface area contributed by atoms with Crippen molar-refractivity contribution in [3.8, 4) is 0 Å². The summed E-state index contributed by atoms with van der Waals surface area (Å²) in [5.41, 5.74) is 7.20. The first-order valence-corrected chi connectivity index (χ1v) is 6.13. The molecule has 1 aromatic rings. The zero-order valence-electron chi connectivity index (χ0n) is 10.8. The van der Waals surface area contributed by atoms with Gasteiger partial charge in [0, 0.05) is 32.5 Å². The summed E-state index contributed by atoms with van der Waals surface area (Å²) >= 11 is 0. The van der Waals surface area contributed by atoms with E-state index in [0.717, 1.165) is 25.1 Å². The van der Waals surface area contributed by atoms with Crippen LogP contribution in [0.3, 0.4) is 0 Å². The number of nitrogens with two attached hydrogens (primary N) is 1. The zero-order chi connectivity index (χ0) is 12.5. The molecule has 0 aliphatic carbocycles. The van der Waals surface area contributed by atoms with Crippen LogP contribution in [0, 0.1) is 0 Å². The molecule has 0 radical (unpaired) electrons. The molecule has 0 aliphatic rings. The van der Waals surface area contributed by atoms with Gasteiger partial charge in [-0.2, -0.15) is 5.10 Å². The minimum atomic E-state index is -0.00778. The molecule has 1 rings (SSSR count). The van der Waals surface area contributed by atoms with Crippen molar-refractivity contribution in [1.82, 2.24) is 9.78 Å². The van der Waals surface area contributed by atoms with E-state index in [4.69, 9.17) is 15.2 Å². The molecule has 1 atom stereocenters. The minimum absolute atomic E-state index is 0.00778. The van der Waals surface area contributed by atoms with Crippen LogP contribution in [-0.2, 0) is 16.0 Å². The second kappa shape index (κ2) is 8.22.